The predicted octanol–water partition coefficient (Wildman–Crippen LogP) is 4.09. The van der Waals surface area contributed by atoms with Crippen molar-refractivity contribution in [3.05, 3.63) is 90.0 Å². The van der Waals surface area contributed by atoms with Crippen LogP contribution in [0.4, 0.5) is 5.69 Å². The molecule has 0 aromatic heterocycles. The van der Waals surface area contributed by atoms with Gasteiger partial charge >= 0.3 is 0 Å². The van der Waals surface area contributed by atoms with E-state index in [0.29, 0.717) is 17.8 Å². The van der Waals surface area contributed by atoms with Gasteiger partial charge in [-0.05, 0) is 62.3 Å². The number of rotatable bonds is 9. The molecule has 0 spiro atoms. The van der Waals surface area contributed by atoms with Crippen LogP contribution in [0, 0.1) is 0 Å². The van der Waals surface area contributed by atoms with Crippen LogP contribution >= 0.6 is 0 Å². The highest BCUT2D eigenvalue weighted by atomic mass is 32.2. The number of amides is 1. The van der Waals surface area contributed by atoms with Gasteiger partial charge in [0.05, 0.1) is 23.7 Å². The standard InChI is InChI=1S/C27H31N3O4S/c1-29(22-12-4-3-5-13-22)35(32,33)23-14-10-11-21(19-23)27(31)28-20-25(30-17-8-9-18-30)24-15-6-7-16-26(24)34-2/h3-7,10-16,19,25H,8-9,17-18,20H2,1-2H3,(H,28,31). The van der Waals surface area contributed by atoms with Crippen LogP contribution in [0.1, 0.15) is 34.8 Å². The van der Waals surface area contributed by atoms with E-state index < -0.39 is 10.0 Å². The van der Waals surface area contributed by atoms with E-state index in [1.54, 1.807) is 43.5 Å². The van der Waals surface area contributed by atoms with Crippen LogP contribution in [0.3, 0.4) is 0 Å². The van der Waals surface area contributed by atoms with Crippen molar-refractivity contribution in [2.75, 3.05) is 38.1 Å². The van der Waals surface area contributed by atoms with Crippen molar-refractivity contribution in [3.63, 3.8) is 0 Å². The molecule has 8 heteroatoms. The molecule has 1 heterocycles. The number of carbonyl (C=O) groups excluding carboxylic acids is 1. The second kappa shape index (κ2) is 10.9. The van der Waals surface area contributed by atoms with Gasteiger partial charge in [0.15, 0.2) is 0 Å². The number of hydrogen-bond donors (Lipinski definition) is 1. The maximum absolute atomic E-state index is 13.2. The van der Waals surface area contributed by atoms with Crippen LogP contribution in [0.2, 0.25) is 0 Å². The largest absolute Gasteiger partial charge is 0.496 e. The number of nitrogens with zero attached hydrogens (tertiary/aromatic N) is 2. The highest BCUT2D eigenvalue weighted by Crippen LogP contribution is 2.31. The molecule has 1 aliphatic heterocycles. The molecule has 3 aromatic carbocycles. The van der Waals surface area contributed by atoms with Gasteiger partial charge < -0.3 is 10.1 Å². The molecule has 7 nitrogen and oxygen atoms in total. The van der Waals surface area contributed by atoms with Crippen molar-refractivity contribution in [2.45, 2.75) is 23.8 Å². The summed E-state index contributed by atoms with van der Waals surface area (Å²) in [6.45, 7) is 2.30. The Bertz CT molecular complexity index is 1260. The van der Waals surface area contributed by atoms with Gasteiger partial charge in [-0.25, -0.2) is 8.42 Å². The molecular weight excluding hydrogens is 462 g/mol. The summed E-state index contributed by atoms with van der Waals surface area (Å²) in [4.78, 5) is 15.5. The molecule has 3 aromatic rings. The maximum atomic E-state index is 13.2. The lowest BCUT2D eigenvalue weighted by Crippen LogP contribution is -2.37. The van der Waals surface area contributed by atoms with Crippen molar-refractivity contribution in [3.8, 4) is 5.75 Å². The van der Waals surface area contributed by atoms with E-state index in [4.69, 9.17) is 4.74 Å². The highest BCUT2D eigenvalue weighted by Gasteiger charge is 2.27. The minimum atomic E-state index is -3.82. The number of methoxy groups -OCH3 is 1. The zero-order valence-electron chi connectivity index (χ0n) is 20.1. The van der Waals surface area contributed by atoms with Crippen molar-refractivity contribution >= 4 is 21.6 Å². The Balaban J connectivity index is 1.53. The van der Waals surface area contributed by atoms with Crippen LogP contribution < -0.4 is 14.4 Å². The monoisotopic (exact) mass is 493 g/mol. The van der Waals surface area contributed by atoms with Crippen LogP contribution in [-0.4, -0.2) is 53.0 Å². The van der Waals surface area contributed by atoms with E-state index >= 15 is 0 Å². The van der Waals surface area contributed by atoms with Crippen LogP contribution in [0.15, 0.2) is 83.8 Å². The third-order valence-corrected chi connectivity index (χ3v) is 8.19. The van der Waals surface area contributed by atoms with Crippen LogP contribution in [0.5, 0.6) is 5.75 Å². The Hall–Kier alpha value is -3.36. The minimum Gasteiger partial charge on any atom is -0.496 e. The zero-order valence-corrected chi connectivity index (χ0v) is 20.9. The fourth-order valence-electron chi connectivity index (χ4n) is 4.45. The summed E-state index contributed by atoms with van der Waals surface area (Å²) >= 11 is 0. The van der Waals surface area contributed by atoms with Gasteiger partial charge in [0.2, 0.25) is 0 Å². The van der Waals surface area contributed by atoms with Crippen molar-refractivity contribution in [1.82, 2.24) is 10.2 Å². The number of sulfonamides is 1. The summed E-state index contributed by atoms with van der Waals surface area (Å²) < 4.78 is 33.1. The van der Waals surface area contributed by atoms with Gasteiger partial charge in [-0.1, -0.05) is 42.5 Å². The Kier molecular flexibility index (Phi) is 7.73. The number of hydrogen-bond acceptors (Lipinski definition) is 5. The molecule has 0 radical (unpaired) electrons. The van der Waals surface area contributed by atoms with E-state index in [2.05, 4.69) is 10.2 Å². The van der Waals surface area contributed by atoms with E-state index in [1.165, 1.54) is 23.5 Å². The fraction of sp³-hybridized carbons (Fsp3) is 0.296. The Morgan fingerprint density at radius 2 is 1.69 bits per heavy atom. The molecule has 0 bridgehead atoms. The summed E-state index contributed by atoms with van der Waals surface area (Å²) in [5, 5.41) is 3.02. The first-order valence-electron chi connectivity index (χ1n) is 11.7. The smallest absolute Gasteiger partial charge is 0.264 e. The first kappa shape index (κ1) is 24.8. The Morgan fingerprint density at radius 3 is 2.40 bits per heavy atom. The van der Waals surface area contributed by atoms with Crippen LogP contribution in [0.25, 0.3) is 0 Å². The van der Waals surface area contributed by atoms with E-state index in [9.17, 15) is 13.2 Å². The first-order chi connectivity index (χ1) is 16.9. The molecule has 1 saturated heterocycles. The summed E-state index contributed by atoms with van der Waals surface area (Å²) in [6, 6.07) is 22.8. The average molecular weight is 494 g/mol. The van der Waals surface area contributed by atoms with Crippen molar-refractivity contribution in [1.29, 1.82) is 0 Å². The third kappa shape index (κ3) is 5.49. The molecule has 1 fully saturated rings. The van der Waals surface area contributed by atoms with E-state index in [-0.39, 0.29) is 16.8 Å². The van der Waals surface area contributed by atoms with Gasteiger partial charge in [-0.15, -0.1) is 0 Å². The van der Waals surface area contributed by atoms with Gasteiger partial charge in [0.1, 0.15) is 5.75 Å². The number of anilines is 1. The lowest BCUT2D eigenvalue weighted by molar-refractivity contribution is 0.0937. The molecule has 1 amide bonds. The molecular formula is C27H31N3O4S. The highest BCUT2D eigenvalue weighted by molar-refractivity contribution is 7.92. The van der Waals surface area contributed by atoms with Crippen molar-refractivity contribution < 1.29 is 17.9 Å². The summed E-state index contributed by atoms with van der Waals surface area (Å²) in [5.41, 5.74) is 1.87. The lowest BCUT2D eigenvalue weighted by atomic mass is 10.0. The molecule has 1 unspecified atom stereocenters. The molecule has 35 heavy (non-hydrogen) atoms. The molecule has 184 valence electrons. The fourth-order valence-corrected chi connectivity index (χ4v) is 5.70. The maximum Gasteiger partial charge on any atom is 0.264 e. The summed E-state index contributed by atoms with van der Waals surface area (Å²) in [5.74, 6) is 0.471. The summed E-state index contributed by atoms with van der Waals surface area (Å²) in [7, 11) is -0.661. The van der Waals surface area contributed by atoms with Gasteiger partial charge in [0.25, 0.3) is 15.9 Å². The lowest BCUT2D eigenvalue weighted by Gasteiger charge is -2.29. The molecule has 1 atom stereocenters. The molecule has 0 aliphatic carbocycles. The SMILES string of the molecule is COc1ccccc1C(CNC(=O)c1cccc(S(=O)(=O)N(C)c2ccccc2)c1)N1CCCC1. The minimum absolute atomic E-state index is 0.0336. The second-order valence-corrected chi connectivity index (χ2v) is 10.5. The first-order valence-corrected chi connectivity index (χ1v) is 13.1. The summed E-state index contributed by atoms with van der Waals surface area (Å²) in [6.07, 6.45) is 2.24. The third-order valence-electron chi connectivity index (χ3n) is 6.41. The molecule has 0 saturated carbocycles. The van der Waals surface area contributed by atoms with Gasteiger partial charge in [-0.3, -0.25) is 14.0 Å². The normalized spacial score (nSPS) is 14.9. The number of ether oxygens (including phenoxy) is 1. The molecule has 1 N–H and O–H groups in total. The topological polar surface area (TPSA) is 78.9 Å². The van der Waals surface area contributed by atoms with Crippen LogP contribution in [-0.2, 0) is 10.0 Å². The number of likely N-dealkylation sites (tertiary alicyclic amines) is 1. The van der Waals surface area contributed by atoms with E-state index in [1.807, 2.05) is 30.3 Å². The number of benzene rings is 3. The van der Waals surface area contributed by atoms with Gasteiger partial charge in [0, 0.05) is 24.7 Å². The second-order valence-electron chi connectivity index (χ2n) is 8.55. The van der Waals surface area contributed by atoms with Gasteiger partial charge in [-0.2, -0.15) is 0 Å². The number of nitrogens with one attached hydrogen (secondary N) is 1. The average Bonchev–Trinajstić information content (AvgIpc) is 3.44. The molecule has 1 aliphatic rings. The predicted molar refractivity (Wildman–Crippen MR) is 137 cm³/mol. The number of carbonyl (C=O) groups is 1. The molecule has 4 rings (SSSR count). The number of para-hydroxylation sites is 2. The Morgan fingerprint density at radius 1 is 1.00 bits per heavy atom. The van der Waals surface area contributed by atoms with Crippen molar-refractivity contribution in [2.24, 2.45) is 0 Å². The Labute approximate surface area is 207 Å². The van der Waals surface area contributed by atoms with E-state index in [0.717, 1.165) is 37.2 Å². The quantitative estimate of drug-likeness (QED) is 0.486. The zero-order chi connectivity index (χ0) is 24.8.